The number of hydrogen-bond acceptors (Lipinski definition) is 4. The van der Waals surface area contributed by atoms with E-state index in [1.165, 1.54) is 0 Å². The maximum atomic E-state index is 12.6. The van der Waals surface area contributed by atoms with Crippen LogP contribution in [0, 0.1) is 0 Å². The zero-order chi connectivity index (χ0) is 18.7. The second-order valence-electron chi connectivity index (χ2n) is 7.08. The maximum absolute atomic E-state index is 12.6. The molecule has 1 aliphatic carbocycles. The van der Waals surface area contributed by atoms with Crippen molar-refractivity contribution in [2.24, 2.45) is 0 Å². The molecule has 1 N–H and O–H groups in total. The van der Waals surface area contributed by atoms with Crippen molar-refractivity contribution in [3.05, 3.63) is 24.3 Å². The molecule has 0 radical (unpaired) electrons. The van der Waals surface area contributed by atoms with Gasteiger partial charge in [-0.25, -0.2) is 13.2 Å². The van der Waals surface area contributed by atoms with Gasteiger partial charge < -0.3 is 10.2 Å². The summed E-state index contributed by atoms with van der Waals surface area (Å²) in [6.07, 6.45) is 4.12. The first kappa shape index (κ1) is 19.4. The zero-order valence-corrected chi connectivity index (χ0v) is 16.7. The number of sulfone groups is 1. The van der Waals surface area contributed by atoms with Gasteiger partial charge in [-0.1, -0.05) is 19.8 Å². The Labute approximate surface area is 157 Å². The minimum absolute atomic E-state index is 0.105. The van der Waals surface area contributed by atoms with Gasteiger partial charge in [-0.2, -0.15) is 0 Å². The first-order valence-electron chi connectivity index (χ1n) is 9.15. The van der Waals surface area contributed by atoms with Crippen molar-refractivity contribution >= 4 is 32.4 Å². The number of hydrogen-bond donors (Lipinski definition) is 1. The summed E-state index contributed by atoms with van der Waals surface area (Å²) in [5.74, 6) is 0.493. The van der Waals surface area contributed by atoms with Crippen LogP contribution in [0.2, 0.25) is 0 Å². The summed E-state index contributed by atoms with van der Waals surface area (Å²) < 4.78 is 37.1. The Morgan fingerprint density at radius 1 is 1.12 bits per heavy atom. The van der Waals surface area contributed by atoms with Crippen LogP contribution in [0.4, 0.5) is 10.5 Å². The van der Waals surface area contributed by atoms with Gasteiger partial charge in [0.25, 0.3) is 0 Å². The molecule has 2 aliphatic rings. The van der Waals surface area contributed by atoms with Crippen molar-refractivity contribution < 1.29 is 17.4 Å². The second-order valence-corrected chi connectivity index (χ2v) is 11.3. The molecule has 1 saturated carbocycles. The summed E-state index contributed by atoms with van der Waals surface area (Å²) in [7, 11) is -4.17. The van der Waals surface area contributed by atoms with Gasteiger partial charge in [0.2, 0.25) is 0 Å². The van der Waals surface area contributed by atoms with E-state index in [9.17, 15) is 17.4 Å². The third-order valence-electron chi connectivity index (χ3n) is 5.28. The van der Waals surface area contributed by atoms with Crippen LogP contribution in [-0.4, -0.2) is 52.9 Å². The molecule has 2 fully saturated rings. The molecule has 3 rings (SSSR count). The van der Waals surface area contributed by atoms with Crippen molar-refractivity contribution in [3.63, 3.8) is 0 Å². The fourth-order valence-corrected chi connectivity index (χ4v) is 6.53. The smallest absolute Gasteiger partial charge is 0.321 e. The van der Waals surface area contributed by atoms with Crippen LogP contribution in [0.1, 0.15) is 39.0 Å². The molecular weight excluding hydrogens is 372 g/mol. The first-order chi connectivity index (χ1) is 12.4. The molecule has 26 heavy (non-hydrogen) atoms. The highest BCUT2D eigenvalue weighted by Crippen LogP contribution is 2.30. The minimum atomic E-state index is -3.28. The van der Waals surface area contributed by atoms with Gasteiger partial charge in [0, 0.05) is 40.6 Å². The van der Waals surface area contributed by atoms with E-state index in [1.54, 1.807) is 29.2 Å². The summed E-state index contributed by atoms with van der Waals surface area (Å²) in [4.78, 5) is 14.4. The summed E-state index contributed by atoms with van der Waals surface area (Å²) in [6.45, 7) is 2.99. The lowest BCUT2D eigenvalue weighted by atomic mass is 10.3. The fraction of sp³-hybridized carbons (Fsp3) is 0.611. The number of nitrogens with zero attached hydrogens (tertiary/aromatic N) is 1. The number of carbonyl (C=O) groups excluding carboxylic acids is 1. The van der Waals surface area contributed by atoms with Crippen molar-refractivity contribution in [1.82, 2.24) is 4.90 Å². The molecule has 6 nitrogen and oxygen atoms in total. The van der Waals surface area contributed by atoms with Gasteiger partial charge in [0.05, 0.1) is 10.1 Å². The molecule has 1 saturated heterocycles. The quantitative estimate of drug-likeness (QED) is 0.849. The third-order valence-corrected chi connectivity index (χ3v) is 9.28. The molecule has 2 atom stereocenters. The average molecular weight is 399 g/mol. The molecule has 1 aromatic carbocycles. The van der Waals surface area contributed by atoms with Crippen LogP contribution in [0.15, 0.2) is 29.2 Å². The SMILES string of the molecule is C[C@H]1CCN(C(=O)Nc2ccc(S(=O)(=O)C3CCCC3)cc2)CC[S@@]1=O. The van der Waals surface area contributed by atoms with Gasteiger partial charge in [-0.05, 0) is 43.5 Å². The Bertz CT molecular complexity index is 771. The van der Waals surface area contributed by atoms with Crippen molar-refractivity contribution in [1.29, 1.82) is 0 Å². The molecule has 2 amide bonds. The normalized spacial score (nSPS) is 25.0. The van der Waals surface area contributed by atoms with Crippen LogP contribution in [0.3, 0.4) is 0 Å². The van der Waals surface area contributed by atoms with Crippen LogP contribution < -0.4 is 5.32 Å². The highest BCUT2D eigenvalue weighted by molar-refractivity contribution is 7.92. The lowest BCUT2D eigenvalue weighted by Gasteiger charge is -2.20. The molecule has 0 aromatic heterocycles. The Balaban J connectivity index is 1.64. The zero-order valence-electron chi connectivity index (χ0n) is 15.0. The van der Waals surface area contributed by atoms with Crippen LogP contribution in [-0.2, 0) is 20.6 Å². The van der Waals surface area contributed by atoms with E-state index in [0.29, 0.717) is 29.4 Å². The first-order valence-corrected chi connectivity index (χ1v) is 12.1. The predicted octanol–water partition coefficient (Wildman–Crippen LogP) is 2.78. The number of carbonyl (C=O) groups is 1. The van der Waals surface area contributed by atoms with Crippen LogP contribution >= 0.6 is 0 Å². The van der Waals surface area contributed by atoms with Crippen LogP contribution in [0.25, 0.3) is 0 Å². The fourth-order valence-electron chi connectivity index (χ4n) is 3.51. The van der Waals surface area contributed by atoms with E-state index in [4.69, 9.17) is 0 Å². The molecular formula is C18H26N2O4S2. The Morgan fingerprint density at radius 3 is 2.42 bits per heavy atom. The molecule has 0 bridgehead atoms. The molecule has 8 heteroatoms. The standard InChI is InChI=1S/C18H26N2O4S2/c1-14-10-11-20(12-13-25(14)22)18(21)19-15-6-8-17(9-7-15)26(23,24)16-4-2-3-5-16/h6-9,14,16H,2-5,10-13H2,1H3,(H,19,21)/t14-,25-/m0/s1. The molecule has 144 valence electrons. The van der Waals surface area contributed by atoms with E-state index < -0.39 is 20.6 Å². The predicted molar refractivity (Wildman–Crippen MR) is 104 cm³/mol. The van der Waals surface area contributed by atoms with Crippen molar-refractivity contribution in [3.8, 4) is 0 Å². The molecule has 1 aromatic rings. The summed E-state index contributed by atoms with van der Waals surface area (Å²) in [5, 5.41) is 2.64. The Morgan fingerprint density at radius 2 is 1.77 bits per heavy atom. The minimum Gasteiger partial charge on any atom is -0.324 e. The topological polar surface area (TPSA) is 83.6 Å². The Hall–Kier alpha value is -1.41. The summed E-state index contributed by atoms with van der Waals surface area (Å²) in [6, 6.07) is 6.19. The van der Waals surface area contributed by atoms with Gasteiger partial charge in [-0.15, -0.1) is 0 Å². The number of urea groups is 1. The monoisotopic (exact) mass is 398 g/mol. The van der Waals surface area contributed by atoms with E-state index in [1.807, 2.05) is 6.92 Å². The highest BCUT2D eigenvalue weighted by atomic mass is 32.2. The number of nitrogens with one attached hydrogen (secondary N) is 1. The number of benzene rings is 1. The molecule has 0 unspecified atom stereocenters. The molecule has 1 heterocycles. The van der Waals surface area contributed by atoms with Crippen LogP contribution in [0.5, 0.6) is 0 Å². The van der Waals surface area contributed by atoms with Gasteiger partial charge in [-0.3, -0.25) is 4.21 Å². The van der Waals surface area contributed by atoms with E-state index in [0.717, 1.165) is 32.1 Å². The number of anilines is 1. The molecule has 1 aliphatic heterocycles. The number of amides is 2. The largest absolute Gasteiger partial charge is 0.324 e. The highest BCUT2D eigenvalue weighted by Gasteiger charge is 2.30. The van der Waals surface area contributed by atoms with Gasteiger partial charge in [0.15, 0.2) is 9.84 Å². The van der Waals surface area contributed by atoms with Crippen molar-refractivity contribution in [2.45, 2.75) is 54.4 Å². The second kappa shape index (κ2) is 8.08. The lowest BCUT2D eigenvalue weighted by molar-refractivity contribution is 0.215. The van der Waals surface area contributed by atoms with E-state index in [-0.39, 0.29) is 16.5 Å². The summed E-state index contributed by atoms with van der Waals surface area (Å²) in [5.41, 5.74) is 0.568. The van der Waals surface area contributed by atoms with E-state index in [2.05, 4.69) is 5.32 Å². The van der Waals surface area contributed by atoms with Gasteiger partial charge in [0.1, 0.15) is 0 Å². The Kier molecular flexibility index (Phi) is 6.02. The van der Waals surface area contributed by atoms with E-state index >= 15 is 0 Å². The average Bonchev–Trinajstić information content (AvgIpc) is 3.11. The van der Waals surface area contributed by atoms with Crippen molar-refractivity contribution in [2.75, 3.05) is 24.2 Å². The molecule has 0 spiro atoms. The summed E-state index contributed by atoms with van der Waals surface area (Å²) >= 11 is 0. The third kappa shape index (κ3) is 4.28. The maximum Gasteiger partial charge on any atom is 0.321 e. The number of rotatable bonds is 3. The van der Waals surface area contributed by atoms with Gasteiger partial charge >= 0.3 is 6.03 Å². The lowest BCUT2D eigenvalue weighted by Crippen LogP contribution is -2.36.